The van der Waals surface area contributed by atoms with Gasteiger partial charge in [-0.15, -0.1) is 11.8 Å². The molecule has 2 aromatic rings. The third-order valence-corrected chi connectivity index (χ3v) is 5.27. The molecule has 1 N–H and O–H groups in total. The minimum Gasteiger partial charge on any atom is -0.354 e. The van der Waals surface area contributed by atoms with Crippen LogP contribution in [0.1, 0.15) is 45.4 Å². The van der Waals surface area contributed by atoms with Crippen molar-refractivity contribution < 1.29 is 0 Å². The van der Waals surface area contributed by atoms with Gasteiger partial charge in [-0.25, -0.2) is 9.97 Å². The summed E-state index contributed by atoms with van der Waals surface area (Å²) in [7, 11) is 0. The van der Waals surface area contributed by atoms with Gasteiger partial charge in [-0.1, -0.05) is 44.4 Å². The van der Waals surface area contributed by atoms with Crippen molar-refractivity contribution in [2.45, 2.75) is 55.7 Å². The summed E-state index contributed by atoms with van der Waals surface area (Å²) in [6.45, 7) is 3.08. The van der Waals surface area contributed by atoms with Gasteiger partial charge >= 0.3 is 0 Å². The largest absolute Gasteiger partial charge is 0.354 e. The Morgan fingerprint density at radius 2 is 1.95 bits per heavy atom. The van der Waals surface area contributed by atoms with Gasteiger partial charge in [-0.2, -0.15) is 0 Å². The molecule has 21 heavy (non-hydrogen) atoms. The van der Waals surface area contributed by atoms with Gasteiger partial charge in [0.05, 0.1) is 5.52 Å². The number of hydrogen-bond donors (Lipinski definition) is 1. The fourth-order valence-corrected chi connectivity index (χ4v) is 4.12. The molecule has 1 aromatic heterocycles. The normalized spacial score (nSPS) is 16.2. The summed E-state index contributed by atoms with van der Waals surface area (Å²) in [6, 6.07) is 8.35. The summed E-state index contributed by atoms with van der Waals surface area (Å²) in [5, 5.41) is 6.38. The first-order valence-corrected chi connectivity index (χ1v) is 8.92. The second-order valence-electron chi connectivity index (χ2n) is 5.67. The lowest BCUT2D eigenvalue weighted by atomic mass is 10.0. The summed E-state index contributed by atoms with van der Waals surface area (Å²) in [4.78, 5) is 9.40. The Kier molecular flexibility index (Phi) is 4.96. The van der Waals surface area contributed by atoms with Crippen molar-refractivity contribution in [3.8, 4) is 0 Å². The fraction of sp³-hybridized carbons (Fsp3) is 0.529. The number of anilines is 1. The molecule has 4 heteroatoms. The first-order valence-electron chi connectivity index (χ1n) is 8.04. The van der Waals surface area contributed by atoms with E-state index in [1.54, 1.807) is 0 Å². The Labute approximate surface area is 131 Å². The minimum atomic E-state index is 0.719. The van der Waals surface area contributed by atoms with Crippen molar-refractivity contribution in [2.24, 2.45) is 0 Å². The number of nitrogens with one attached hydrogen (secondary N) is 1. The third kappa shape index (κ3) is 3.67. The molecule has 1 heterocycles. The summed E-state index contributed by atoms with van der Waals surface area (Å²) in [6.07, 6.45) is 7.84. The van der Waals surface area contributed by atoms with Gasteiger partial charge in [-0.05, 0) is 25.3 Å². The first kappa shape index (κ1) is 14.6. The zero-order valence-electron chi connectivity index (χ0n) is 12.6. The van der Waals surface area contributed by atoms with Crippen LogP contribution in [-0.2, 0) is 0 Å². The summed E-state index contributed by atoms with van der Waals surface area (Å²) >= 11 is 1.95. The molecule has 0 radical (unpaired) electrons. The molecule has 1 aromatic carbocycles. The maximum atomic E-state index is 4.77. The number of hydrogen-bond acceptors (Lipinski definition) is 4. The molecule has 1 aliphatic carbocycles. The van der Waals surface area contributed by atoms with Crippen LogP contribution in [0.3, 0.4) is 0 Å². The Balaban J connectivity index is 1.89. The number of fused-ring (bicyclic) bond motifs is 1. The molecule has 0 spiro atoms. The van der Waals surface area contributed by atoms with Crippen molar-refractivity contribution in [1.29, 1.82) is 0 Å². The number of para-hydroxylation sites is 1. The van der Waals surface area contributed by atoms with Crippen LogP contribution < -0.4 is 5.32 Å². The second kappa shape index (κ2) is 7.12. The van der Waals surface area contributed by atoms with Crippen LogP contribution in [0.4, 0.5) is 5.95 Å². The van der Waals surface area contributed by atoms with E-state index < -0.39 is 0 Å². The molecular weight excluding hydrogens is 278 g/mol. The van der Waals surface area contributed by atoms with Crippen LogP contribution >= 0.6 is 11.8 Å². The molecule has 0 amide bonds. The van der Waals surface area contributed by atoms with Gasteiger partial charge < -0.3 is 5.32 Å². The lowest BCUT2D eigenvalue weighted by Gasteiger charge is -2.21. The molecule has 0 atom stereocenters. The van der Waals surface area contributed by atoms with E-state index in [1.165, 1.54) is 37.5 Å². The van der Waals surface area contributed by atoms with Crippen LogP contribution in [0.25, 0.3) is 10.9 Å². The van der Waals surface area contributed by atoms with E-state index in [1.807, 2.05) is 17.8 Å². The molecule has 112 valence electrons. The van der Waals surface area contributed by atoms with Gasteiger partial charge in [0.1, 0.15) is 5.03 Å². The van der Waals surface area contributed by atoms with Crippen molar-refractivity contribution in [1.82, 2.24) is 9.97 Å². The quantitative estimate of drug-likeness (QED) is 0.799. The number of benzene rings is 1. The average Bonchev–Trinajstić information content (AvgIpc) is 2.54. The molecule has 1 saturated carbocycles. The lowest BCUT2D eigenvalue weighted by molar-refractivity contribution is 0.516. The van der Waals surface area contributed by atoms with Gasteiger partial charge in [-0.3, -0.25) is 0 Å². The van der Waals surface area contributed by atoms with E-state index in [9.17, 15) is 0 Å². The van der Waals surface area contributed by atoms with E-state index in [2.05, 4.69) is 35.4 Å². The summed E-state index contributed by atoms with van der Waals surface area (Å²) in [5.74, 6) is 0.772. The van der Waals surface area contributed by atoms with Crippen molar-refractivity contribution >= 4 is 28.6 Å². The van der Waals surface area contributed by atoms with Crippen LogP contribution in [0.15, 0.2) is 29.3 Å². The standard InChI is InChI=1S/C17H23N3S/c1-2-12-18-17-19-15-11-7-6-10-14(15)16(20-17)21-13-8-4-3-5-9-13/h6-7,10-11,13H,2-5,8-9,12H2,1H3,(H,18,19,20). The number of rotatable bonds is 5. The van der Waals surface area contributed by atoms with Crippen LogP contribution in [0.2, 0.25) is 0 Å². The number of nitrogens with zero attached hydrogens (tertiary/aromatic N) is 2. The summed E-state index contributed by atoms with van der Waals surface area (Å²) < 4.78 is 0. The highest BCUT2D eigenvalue weighted by Gasteiger charge is 2.17. The molecule has 3 nitrogen and oxygen atoms in total. The van der Waals surface area contributed by atoms with Crippen molar-refractivity contribution in [3.63, 3.8) is 0 Å². The molecule has 0 aliphatic heterocycles. The van der Waals surface area contributed by atoms with Gasteiger partial charge in [0, 0.05) is 17.2 Å². The monoisotopic (exact) mass is 301 g/mol. The van der Waals surface area contributed by atoms with E-state index in [0.29, 0.717) is 0 Å². The highest BCUT2D eigenvalue weighted by Crippen LogP contribution is 2.36. The van der Waals surface area contributed by atoms with Gasteiger partial charge in [0.2, 0.25) is 5.95 Å². The molecule has 1 fully saturated rings. The predicted octanol–water partition coefficient (Wildman–Crippen LogP) is 4.88. The molecule has 0 saturated heterocycles. The Morgan fingerprint density at radius 3 is 2.76 bits per heavy atom. The van der Waals surface area contributed by atoms with E-state index in [4.69, 9.17) is 4.98 Å². The topological polar surface area (TPSA) is 37.8 Å². The van der Waals surface area contributed by atoms with E-state index >= 15 is 0 Å². The Hall–Kier alpha value is -1.29. The zero-order valence-corrected chi connectivity index (χ0v) is 13.5. The summed E-state index contributed by atoms with van der Waals surface area (Å²) in [5.41, 5.74) is 1.05. The van der Waals surface area contributed by atoms with Crippen LogP contribution in [0.5, 0.6) is 0 Å². The Morgan fingerprint density at radius 1 is 1.14 bits per heavy atom. The minimum absolute atomic E-state index is 0.719. The maximum absolute atomic E-state index is 4.77. The number of thioether (sulfide) groups is 1. The molecule has 3 rings (SSSR count). The van der Waals surface area contributed by atoms with Crippen molar-refractivity contribution in [3.05, 3.63) is 24.3 Å². The highest BCUT2D eigenvalue weighted by atomic mass is 32.2. The molecular formula is C17H23N3S. The van der Waals surface area contributed by atoms with Gasteiger partial charge in [0.25, 0.3) is 0 Å². The van der Waals surface area contributed by atoms with Gasteiger partial charge in [0.15, 0.2) is 0 Å². The first-order chi connectivity index (χ1) is 10.4. The number of aromatic nitrogens is 2. The average molecular weight is 301 g/mol. The second-order valence-corrected chi connectivity index (χ2v) is 6.96. The smallest absolute Gasteiger partial charge is 0.224 e. The van der Waals surface area contributed by atoms with Crippen molar-refractivity contribution in [2.75, 3.05) is 11.9 Å². The van der Waals surface area contributed by atoms with Crippen LogP contribution in [0, 0.1) is 0 Å². The predicted molar refractivity (Wildman–Crippen MR) is 91.0 cm³/mol. The third-order valence-electron chi connectivity index (χ3n) is 3.93. The SMILES string of the molecule is CCCNc1nc(SC2CCCCC2)c2ccccc2n1. The molecule has 0 unspecified atom stereocenters. The Bertz CT molecular complexity index is 594. The van der Waals surface area contributed by atoms with Crippen LogP contribution in [-0.4, -0.2) is 21.8 Å². The highest BCUT2D eigenvalue weighted by molar-refractivity contribution is 8.00. The maximum Gasteiger partial charge on any atom is 0.224 e. The van der Waals surface area contributed by atoms with E-state index in [-0.39, 0.29) is 0 Å². The fourth-order valence-electron chi connectivity index (χ4n) is 2.79. The zero-order chi connectivity index (χ0) is 14.5. The molecule has 0 bridgehead atoms. The van der Waals surface area contributed by atoms with E-state index in [0.717, 1.165) is 34.7 Å². The lowest BCUT2D eigenvalue weighted by Crippen LogP contribution is -2.10. The molecule has 1 aliphatic rings.